The smallest absolute Gasteiger partial charge is 0.266 e. The average Bonchev–Trinajstić information content (AvgIpc) is 2.75. The van der Waals surface area contributed by atoms with Gasteiger partial charge in [-0.2, -0.15) is 0 Å². The van der Waals surface area contributed by atoms with Crippen molar-refractivity contribution in [3.05, 3.63) is 40.8 Å². The molecule has 0 bridgehead atoms. The van der Waals surface area contributed by atoms with Crippen LogP contribution in [0.4, 0.5) is 0 Å². The number of carbonyl (C=O) groups excluding carboxylic acids is 1. The second kappa shape index (κ2) is 6.10. The van der Waals surface area contributed by atoms with Gasteiger partial charge in [-0.1, -0.05) is 73.6 Å². The predicted molar refractivity (Wildman–Crippen MR) is 88.3 cm³/mol. The summed E-state index contributed by atoms with van der Waals surface area (Å²) in [5.41, 5.74) is 1.05. The van der Waals surface area contributed by atoms with Crippen LogP contribution in [0.3, 0.4) is 0 Å². The van der Waals surface area contributed by atoms with E-state index in [4.69, 9.17) is 12.2 Å². The second-order valence-electron chi connectivity index (χ2n) is 5.25. The summed E-state index contributed by atoms with van der Waals surface area (Å²) in [6.07, 6.45) is 7.82. The maximum atomic E-state index is 12.6. The van der Waals surface area contributed by atoms with E-state index in [-0.39, 0.29) is 5.91 Å². The number of hydrogen-bond acceptors (Lipinski definition) is 3. The van der Waals surface area contributed by atoms with Crippen LogP contribution in [0, 0.1) is 0 Å². The molecule has 20 heavy (non-hydrogen) atoms. The molecule has 1 aromatic carbocycles. The van der Waals surface area contributed by atoms with Crippen LogP contribution in [0.1, 0.15) is 37.7 Å². The van der Waals surface area contributed by atoms with Crippen LogP contribution in [-0.4, -0.2) is 21.2 Å². The second-order valence-corrected chi connectivity index (χ2v) is 6.93. The lowest BCUT2D eigenvalue weighted by Gasteiger charge is -2.29. The maximum Gasteiger partial charge on any atom is 0.266 e. The van der Waals surface area contributed by atoms with E-state index in [0.29, 0.717) is 6.04 Å². The van der Waals surface area contributed by atoms with Crippen molar-refractivity contribution in [1.82, 2.24) is 4.90 Å². The van der Waals surface area contributed by atoms with Gasteiger partial charge in [0.05, 0.1) is 4.91 Å². The van der Waals surface area contributed by atoms with Crippen molar-refractivity contribution >= 4 is 40.3 Å². The van der Waals surface area contributed by atoms with E-state index < -0.39 is 0 Å². The molecule has 3 rings (SSSR count). The predicted octanol–water partition coefficient (Wildman–Crippen LogP) is 4.22. The molecule has 1 aliphatic carbocycles. The molecule has 1 saturated heterocycles. The van der Waals surface area contributed by atoms with Crippen molar-refractivity contribution < 1.29 is 4.79 Å². The molecule has 2 aliphatic rings. The number of thiocarbonyl (C=S) groups is 1. The van der Waals surface area contributed by atoms with E-state index in [9.17, 15) is 4.79 Å². The highest BCUT2D eigenvalue weighted by Crippen LogP contribution is 2.37. The van der Waals surface area contributed by atoms with E-state index in [1.807, 2.05) is 41.3 Å². The fourth-order valence-electron chi connectivity index (χ4n) is 2.83. The van der Waals surface area contributed by atoms with Crippen LogP contribution in [0.25, 0.3) is 6.08 Å². The van der Waals surface area contributed by atoms with E-state index in [2.05, 4.69) is 0 Å². The fourth-order valence-corrected chi connectivity index (χ4v) is 4.23. The van der Waals surface area contributed by atoms with Gasteiger partial charge in [0.1, 0.15) is 4.32 Å². The zero-order chi connectivity index (χ0) is 13.9. The Balaban J connectivity index is 1.81. The zero-order valence-electron chi connectivity index (χ0n) is 11.2. The molecule has 0 spiro atoms. The summed E-state index contributed by atoms with van der Waals surface area (Å²) in [7, 11) is 0. The van der Waals surface area contributed by atoms with Crippen molar-refractivity contribution in [3.63, 3.8) is 0 Å². The summed E-state index contributed by atoms with van der Waals surface area (Å²) in [5.74, 6) is 0.0933. The molecule has 0 N–H and O–H groups in total. The average molecular weight is 303 g/mol. The lowest BCUT2D eigenvalue weighted by Crippen LogP contribution is -2.39. The maximum absolute atomic E-state index is 12.6. The van der Waals surface area contributed by atoms with Crippen LogP contribution < -0.4 is 0 Å². The normalized spacial score (nSPS) is 22.8. The SMILES string of the molecule is O=C1/C(=C\c2ccccc2)SC(=S)N1C1CCCCC1. The van der Waals surface area contributed by atoms with Crippen LogP contribution in [0.5, 0.6) is 0 Å². The molecule has 2 fully saturated rings. The summed E-state index contributed by atoms with van der Waals surface area (Å²) < 4.78 is 0.726. The topological polar surface area (TPSA) is 20.3 Å². The van der Waals surface area contributed by atoms with Gasteiger partial charge in [0.25, 0.3) is 5.91 Å². The Morgan fingerprint density at radius 2 is 1.85 bits per heavy atom. The Morgan fingerprint density at radius 3 is 2.55 bits per heavy atom. The summed E-state index contributed by atoms with van der Waals surface area (Å²) in [5, 5.41) is 0. The molecule has 104 valence electrons. The van der Waals surface area contributed by atoms with Gasteiger partial charge in [-0.3, -0.25) is 9.69 Å². The molecule has 1 saturated carbocycles. The first-order valence-corrected chi connectivity index (χ1v) is 8.30. The molecule has 1 aliphatic heterocycles. The van der Waals surface area contributed by atoms with Gasteiger partial charge < -0.3 is 0 Å². The first-order valence-electron chi connectivity index (χ1n) is 7.08. The minimum Gasteiger partial charge on any atom is -0.290 e. The van der Waals surface area contributed by atoms with Gasteiger partial charge in [0.15, 0.2) is 0 Å². The van der Waals surface area contributed by atoms with Crippen molar-refractivity contribution in [3.8, 4) is 0 Å². The highest BCUT2D eigenvalue weighted by atomic mass is 32.2. The number of amides is 1. The Bertz CT molecular complexity index is 547. The van der Waals surface area contributed by atoms with E-state index in [0.717, 1.165) is 27.6 Å². The summed E-state index contributed by atoms with van der Waals surface area (Å²) in [6.45, 7) is 0. The third kappa shape index (κ3) is 2.81. The zero-order valence-corrected chi connectivity index (χ0v) is 12.9. The number of carbonyl (C=O) groups is 1. The number of nitrogens with zero attached hydrogens (tertiary/aromatic N) is 1. The minimum absolute atomic E-state index is 0.0933. The minimum atomic E-state index is 0.0933. The third-order valence-electron chi connectivity index (χ3n) is 3.86. The molecule has 0 atom stereocenters. The van der Waals surface area contributed by atoms with E-state index >= 15 is 0 Å². The van der Waals surface area contributed by atoms with Crippen molar-refractivity contribution in [1.29, 1.82) is 0 Å². The molecular formula is C16H17NOS2. The molecule has 1 amide bonds. The standard InChI is InChI=1S/C16H17NOS2/c18-15-14(11-12-7-3-1-4-8-12)20-16(19)17(15)13-9-5-2-6-10-13/h1,3-4,7-8,11,13H,2,5-6,9-10H2/b14-11+. The molecule has 0 radical (unpaired) electrons. The molecule has 2 nitrogen and oxygen atoms in total. The van der Waals surface area contributed by atoms with Crippen LogP contribution >= 0.6 is 24.0 Å². The summed E-state index contributed by atoms with van der Waals surface area (Å²) in [4.78, 5) is 15.2. The van der Waals surface area contributed by atoms with Crippen LogP contribution in [0.15, 0.2) is 35.2 Å². The van der Waals surface area contributed by atoms with Crippen LogP contribution in [-0.2, 0) is 4.79 Å². The highest BCUT2D eigenvalue weighted by molar-refractivity contribution is 8.26. The third-order valence-corrected chi connectivity index (χ3v) is 5.19. The number of hydrogen-bond donors (Lipinski definition) is 0. The Hall–Kier alpha value is -1.13. The molecule has 1 heterocycles. The Kier molecular flexibility index (Phi) is 4.22. The largest absolute Gasteiger partial charge is 0.290 e. The Labute approximate surface area is 129 Å². The van der Waals surface area contributed by atoms with Gasteiger partial charge in [-0.15, -0.1) is 0 Å². The van der Waals surface area contributed by atoms with Gasteiger partial charge in [-0.05, 0) is 24.5 Å². The highest BCUT2D eigenvalue weighted by Gasteiger charge is 2.37. The van der Waals surface area contributed by atoms with Crippen molar-refractivity contribution in [2.75, 3.05) is 0 Å². The molecule has 0 unspecified atom stereocenters. The number of rotatable bonds is 2. The quantitative estimate of drug-likeness (QED) is 0.602. The van der Waals surface area contributed by atoms with Gasteiger partial charge in [0.2, 0.25) is 0 Å². The first-order chi connectivity index (χ1) is 9.75. The summed E-state index contributed by atoms with van der Waals surface area (Å²) in [6, 6.07) is 10.3. The molecule has 4 heteroatoms. The van der Waals surface area contributed by atoms with Gasteiger partial charge in [-0.25, -0.2) is 0 Å². The Morgan fingerprint density at radius 1 is 1.15 bits per heavy atom. The van der Waals surface area contributed by atoms with E-state index in [1.165, 1.54) is 31.0 Å². The van der Waals surface area contributed by atoms with Crippen molar-refractivity contribution in [2.24, 2.45) is 0 Å². The number of thioether (sulfide) groups is 1. The fraction of sp³-hybridized carbons (Fsp3) is 0.375. The van der Waals surface area contributed by atoms with Gasteiger partial charge >= 0.3 is 0 Å². The van der Waals surface area contributed by atoms with Crippen LogP contribution in [0.2, 0.25) is 0 Å². The monoisotopic (exact) mass is 303 g/mol. The van der Waals surface area contributed by atoms with E-state index in [1.54, 1.807) is 0 Å². The van der Waals surface area contributed by atoms with Gasteiger partial charge in [0, 0.05) is 6.04 Å². The lowest BCUT2D eigenvalue weighted by atomic mass is 9.94. The van der Waals surface area contributed by atoms with Crippen molar-refractivity contribution in [2.45, 2.75) is 38.1 Å². The molecule has 1 aromatic rings. The first kappa shape index (κ1) is 13.8. The molecule has 0 aromatic heterocycles. The number of benzene rings is 1. The lowest BCUT2D eigenvalue weighted by molar-refractivity contribution is -0.124. The molecular weight excluding hydrogens is 286 g/mol. The summed E-state index contributed by atoms with van der Waals surface area (Å²) >= 11 is 6.86.